The molecule has 2 N–H and O–H groups in total. The van der Waals surface area contributed by atoms with Crippen molar-refractivity contribution in [2.24, 2.45) is 0 Å². The molecular formula is C17H22N6O2. The van der Waals surface area contributed by atoms with Gasteiger partial charge in [-0.15, -0.1) is 5.10 Å². The number of carbonyl (C=O) groups excluding carboxylic acids is 1. The second kappa shape index (κ2) is 8.27. The number of para-hydroxylation sites is 1. The van der Waals surface area contributed by atoms with Crippen LogP contribution >= 0.6 is 0 Å². The van der Waals surface area contributed by atoms with Crippen molar-refractivity contribution in [3.8, 4) is 0 Å². The number of nitrogens with zero attached hydrogens (tertiary/aromatic N) is 4. The number of amides is 2. The summed E-state index contributed by atoms with van der Waals surface area (Å²) in [6.45, 7) is 3.66. The van der Waals surface area contributed by atoms with E-state index in [9.17, 15) is 4.79 Å². The summed E-state index contributed by atoms with van der Waals surface area (Å²) >= 11 is 0. The maximum absolute atomic E-state index is 11.9. The molecule has 2 heterocycles. The van der Waals surface area contributed by atoms with Crippen molar-refractivity contribution >= 4 is 17.0 Å². The lowest BCUT2D eigenvalue weighted by Gasteiger charge is -2.07. The fourth-order valence-corrected chi connectivity index (χ4v) is 2.51. The number of furan rings is 1. The van der Waals surface area contributed by atoms with Gasteiger partial charge in [-0.3, -0.25) is 0 Å². The van der Waals surface area contributed by atoms with Crippen LogP contribution in [0.5, 0.6) is 0 Å². The van der Waals surface area contributed by atoms with E-state index in [2.05, 4.69) is 33.1 Å². The summed E-state index contributed by atoms with van der Waals surface area (Å²) in [6, 6.07) is 9.60. The number of aromatic nitrogens is 4. The fraction of sp³-hybridized carbons (Fsp3) is 0.412. The average molecular weight is 342 g/mol. The number of fused-ring (bicyclic) bond motifs is 1. The van der Waals surface area contributed by atoms with Gasteiger partial charge in [0.2, 0.25) is 0 Å². The van der Waals surface area contributed by atoms with Gasteiger partial charge >= 0.3 is 6.03 Å². The van der Waals surface area contributed by atoms with Crippen molar-refractivity contribution < 1.29 is 9.21 Å². The third kappa shape index (κ3) is 4.56. The highest BCUT2D eigenvalue weighted by molar-refractivity contribution is 5.77. The van der Waals surface area contributed by atoms with E-state index in [1.807, 2.05) is 30.3 Å². The Morgan fingerprint density at radius 3 is 3.00 bits per heavy atom. The van der Waals surface area contributed by atoms with Gasteiger partial charge in [-0.05, 0) is 29.0 Å². The summed E-state index contributed by atoms with van der Waals surface area (Å²) in [6.07, 6.45) is 2.70. The molecule has 0 unspecified atom stereocenters. The lowest BCUT2D eigenvalue weighted by atomic mass is 10.2. The van der Waals surface area contributed by atoms with Crippen LogP contribution in [-0.2, 0) is 19.5 Å². The Kier molecular flexibility index (Phi) is 5.61. The van der Waals surface area contributed by atoms with Gasteiger partial charge in [0.15, 0.2) is 5.82 Å². The molecule has 1 aromatic carbocycles. The van der Waals surface area contributed by atoms with Crippen molar-refractivity contribution in [3.63, 3.8) is 0 Å². The smallest absolute Gasteiger partial charge is 0.315 e. The van der Waals surface area contributed by atoms with Crippen LogP contribution in [0.15, 0.2) is 34.7 Å². The molecule has 0 radical (unpaired) electrons. The molecule has 132 valence electrons. The molecule has 0 saturated carbocycles. The van der Waals surface area contributed by atoms with Gasteiger partial charge in [0.1, 0.15) is 11.3 Å². The average Bonchev–Trinajstić information content (AvgIpc) is 3.24. The van der Waals surface area contributed by atoms with E-state index in [0.717, 1.165) is 36.1 Å². The third-order valence-corrected chi connectivity index (χ3v) is 3.87. The van der Waals surface area contributed by atoms with Crippen LogP contribution in [0.4, 0.5) is 4.79 Å². The van der Waals surface area contributed by atoms with E-state index in [-0.39, 0.29) is 6.03 Å². The minimum atomic E-state index is -0.249. The van der Waals surface area contributed by atoms with Gasteiger partial charge in [0.05, 0.1) is 6.54 Å². The van der Waals surface area contributed by atoms with Crippen LogP contribution in [0, 0.1) is 0 Å². The highest BCUT2D eigenvalue weighted by Crippen LogP contribution is 2.18. The molecule has 0 aliphatic heterocycles. The van der Waals surface area contributed by atoms with Gasteiger partial charge in [0, 0.05) is 24.9 Å². The fourth-order valence-electron chi connectivity index (χ4n) is 2.51. The zero-order chi connectivity index (χ0) is 17.5. The molecular weight excluding hydrogens is 320 g/mol. The van der Waals surface area contributed by atoms with Crippen molar-refractivity contribution in [2.75, 3.05) is 6.54 Å². The van der Waals surface area contributed by atoms with Crippen molar-refractivity contribution in [2.45, 2.75) is 39.3 Å². The zero-order valence-electron chi connectivity index (χ0n) is 14.2. The minimum Gasteiger partial charge on any atom is -0.461 e. The topological polar surface area (TPSA) is 97.9 Å². The number of aryl methyl sites for hydroxylation is 1. The van der Waals surface area contributed by atoms with E-state index in [1.165, 1.54) is 0 Å². The Labute approximate surface area is 145 Å². The normalized spacial score (nSPS) is 10.9. The molecule has 0 spiro atoms. The molecule has 0 fully saturated rings. The predicted molar refractivity (Wildman–Crippen MR) is 92.9 cm³/mol. The number of hydrogen-bond acceptors (Lipinski definition) is 5. The molecule has 0 bridgehead atoms. The van der Waals surface area contributed by atoms with Crippen LogP contribution in [0.25, 0.3) is 11.0 Å². The summed E-state index contributed by atoms with van der Waals surface area (Å²) in [5.74, 6) is 1.51. The predicted octanol–water partition coefficient (Wildman–Crippen LogP) is 2.26. The lowest BCUT2D eigenvalue weighted by molar-refractivity contribution is 0.240. The highest BCUT2D eigenvalue weighted by atomic mass is 16.3. The number of benzene rings is 1. The van der Waals surface area contributed by atoms with Gasteiger partial charge in [0.25, 0.3) is 0 Å². The molecule has 0 atom stereocenters. The highest BCUT2D eigenvalue weighted by Gasteiger charge is 2.08. The molecule has 8 heteroatoms. The standard InChI is InChI=1S/C17H22N6O2/c1-2-3-10-23-16(20-21-22-23)12-19-17(24)18-9-8-14-11-13-6-4-5-7-15(13)25-14/h4-7,11H,2-3,8-10,12H2,1H3,(H2,18,19,24). The second-order valence-corrected chi connectivity index (χ2v) is 5.78. The first-order chi connectivity index (χ1) is 12.3. The van der Waals surface area contributed by atoms with Gasteiger partial charge in [-0.2, -0.15) is 0 Å². The van der Waals surface area contributed by atoms with Gasteiger partial charge in [-0.1, -0.05) is 31.5 Å². The second-order valence-electron chi connectivity index (χ2n) is 5.78. The summed E-state index contributed by atoms with van der Waals surface area (Å²) in [4.78, 5) is 11.9. The van der Waals surface area contributed by atoms with Crippen LogP contribution in [-0.4, -0.2) is 32.8 Å². The number of tetrazole rings is 1. The van der Waals surface area contributed by atoms with Crippen LogP contribution in [0.2, 0.25) is 0 Å². The van der Waals surface area contributed by atoms with E-state index >= 15 is 0 Å². The lowest BCUT2D eigenvalue weighted by Crippen LogP contribution is -2.36. The summed E-state index contributed by atoms with van der Waals surface area (Å²) < 4.78 is 7.44. The molecule has 8 nitrogen and oxygen atoms in total. The van der Waals surface area contributed by atoms with Crippen LogP contribution in [0.1, 0.15) is 31.4 Å². The van der Waals surface area contributed by atoms with E-state index in [1.54, 1.807) is 4.68 Å². The molecule has 0 aliphatic rings. The first-order valence-corrected chi connectivity index (χ1v) is 8.50. The Balaban J connectivity index is 1.41. The Morgan fingerprint density at radius 1 is 1.28 bits per heavy atom. The van der Waals surface area contributed by atoms with Crippen molar-refractivity contribution in [1.29, 1.82) is 0 Å². The van der Waals surface area contributed by atoms with Crippen LogP contribution < -0.4 is 10.6 Å². The largest absolute Gasteiger partial charge is 0.461 e. The van der Waals surface area contributed by atoms with Gasteiger partial charge in [-0.25, -0.2) is 9.48 Å². The Bertz CT molecular complexity index is 792. The number of carbonyl (C=O) groups is 1. The SMILES string of the molecule is CCCCn1nnnc1CNC(=O)NCCc1cc2ccccc2o1. The zero-order valence-corrected chi connectivity index (χ0v) is 14.2. The van der Waals surface area contributed by atoms with E-state index in [4.69, 9.17) is 4.42 Å². The number of rotatable bonds is 8. The molecule has 25 heavy (non-hydrogen) atoms. The quantitative estimate of drug-likeness (QED) is 0.654. The number of urea groups is 1. The number of unbranched alkanes of at least 4 members (excludes halogenated alkanes) is 1. The Morgan fingerprint density at radius 2 is 2.16 bits per heavy atom. The molecule has 2 amide bonds. The summed E-state index contributed by atoms with van der Waals surface area (Å²) in [5, 5.41) is 18.2. The first kappa shape index (κ1) is 16.9. The third-order valence-electron chi connectivity index (χ3n) is 3.87. The van der Waals surface area contributed by atoms with Crippen molar-refractivity contribution in [3.05, 3.63) is 41.9 Å². The van der Waals surface area contributed by atoms with E-state index < -0.39 is 0 Å². The maximum atomic E-state index is 11.9. The molecule has 3 aromatic rings. The number of nitrogens with one attached hydrogen (secondary N) is 2. The summed E-state index contributed by atoms with van der Waals surface area (Å²) in [5.41, 5.74) is 0.862. The minimum absolute atomic E-state index is 0.249. The Hall–Kier alpha value is -2.90. The van der Waals surface area contributed by atoms with E-state index in [0.29, 0.717) is 25.3 Å². The summed E-state index contributed by atoms with van der Waals surface area (Å²) in [7, 11) is 0. The molecule has 0 saturated heterocycles. The van der Waals surface area contributed by atoms with Gasteiger partial charge < -0.3 is 15.1 Å². The maximum Gasteiger partial charge on any atom is 0.315 e. The number of hydrogen-bond donors (Lipinski definition) is 2. The van der Waals surface area contributed by atoms with Crippen LogP contribution in [0.3, 0.4) is 0 Å². The van der Waals surface area contributed by atoms with Crippen molar-refractivity contribution in [1.82, 2.24) is 30.8 Å². The monoisotopic (exact) mass is 342 g/mol. The first-order valence-electron chi connectivity index (χ1n) is 8.50. The molecule has 0 aliphatic carbocycles. The molecule has 3 rings (SSSR count). The molecule has 2 aromatic heterocycles.